The van der Waals surface area contributed by atoms with Crippen LogP contribution in [-0.2, 0) is 16.0 Å². The number of ether oxygens (including phenoxy) is 2. The monoisotopic (exact) mass is 511 g/mol. The number of carbonyl (C=O) groups excluding carboxylic acids is 2. The predicted molar refractivity (Wildman–Crippen MR) is 117 cm³/mol. The van der Waals surface area contributed by atoms with Gasteiger partial charge in [-0.05, 0) is 58.6 Å². The molecule has 0 spiro atoms. The van der Waals surface area contributed by atoms with Gasteiger partial charge in [0.1, 0.15) is 0 Å². The smallest absolute Gasteiger partial charge is 0.308 e. The lowest BCUT2D eigenvalue weighted by atomic mass is 9.87. The molecule has 1 aliphatic rings. The number of carbonyl (C=O) groups is 2. The summed E-state index contributed by atoms with van der Waals surface area (Å²) in [5.74, 6) is -0.330. The first kappa shape index (κ1) is 22.6. The lowest BCUT2D eigenvalue weighted by Crippen LogP contribution is -2.21. The molecule has 150 valence electrons. The van der Waals surface area contributed by atoms with Crippen molar-refractivity contribution in [1.29, 1.82) is 0 Å². The number of aryl methyl sites for hydroxylation is 1. The minimum atomic E-state index is -0.467. The Bertz CT molecular complexity index is 898. The third kappa shape index (κ3) is 5.01. The van der Waals surface area contributed by atoms with E-state index in [1.807, 2.05) is 12.1 Å². The van der Waals surface area contributed by atoms with Crippen LogP contribution in [0.1, 0.15) is 42.0 Å². The van der Waals surface area contributed by atoms with Crippen LogP contribution in [0.5, 0.6) is 11.5 Å². The van der Waals surface area contributed by atoms with E-state index in [2.05, 4.69) is 46.4 Å². The number of esters is 2. The SMILES string of the molecule is Br.CC(=O)Oc1cc2c(c(Br)c1OC(C)=O)CCNCC2c1cccc(C)c1. The third-order valence-corrected chi connectivity index (χ3v) is 5.38. The van der Waals surface area contributed by atoms with Gasteiger partial charge >= 0.3 is 11.9 Å². The predicted octanol–water partition coefficient (Wildman–Crippen LogP) is 4.46. The molecule has 1 N–H and O–H groups in total. The van der Waals surface area contributed by atoms with E-state index in [1.165, 1.54) is 25.0 Å². The summed E-state index contributed by atoms with van der Waals surface area (Å²) in [5.41, 5.74) is 4.49. The van der Waals surface area contributed by atoms with Crippen LogP contribution in [0.25, 0.3) is 0 Å². The van der Waals surface area contributed by atoms with E-state index in [0.717, 1.165) is 30.6 Å². The number of nitrogens with one attached hydrogen (secondary N) is 1. The van der Waals surface area contributed by atoms with Crippen LogP contribution in [0.2, 0.25) is 0 Å². The maximum atomic E-state index is 11.6. The molecule has 0 saturated heterocycles. The molecule has 0 saturated carbocycles. The van der Waals surface area contributed by atoms with Gasteiger partial charge in [0.15, 0.2) is 11.5 Å². The van der Waals surface area contributed by atoms with Crippen molar-refractivity contribution in [3.05, 3.63) is 57.1 Å². The second-order valence-electron chi connectivity index (χ2n) is 6.69. The molecule has 7 heteroatoms. The van der Waals surface area contributed by atoms with Gasteiger partial charge in [0.2, 0.25) is 0 Å². The highest BCUT2D eigenvalue weighted by atomic mass is 79.9. The summed E-state index contributed by atoms with van der Waals surface area (Å²) in [6.45, 7) is 6.30. The number of hydrogen-bond acceptors (Lipinski definition) is 5. The molecule has 0 radical (unpaired) electrons. The highest BCUT2D eigenvalue weighted by Gasteiger charge is 2.27. The fourth-order valence-corrected chi connectivity index (χ4v) is 4.16. The molecule has 1 atom stereocenters. The van der Waals surface area contributed by atoms with Crippen LogP contribution in [0.4, 0.5) is 0 Å². The zero-order valence-electron chi connectivity index (χ0n) is 16.0. The van der Waals surface area contributed by atoms with Crippen molar-refractivity contribution in [2.24, 2.45) is 0 Å². The van der Waals surface area contributed by atoms with Crippen molar-refractivity contribution in [3.8, 4) is 11.5 Å². The first-order valence-electron chi connectivity index (χ1n) is 8.86. The van der Waals surface area contributed by atoms with Gasteiger partial charge in [0.25, 0.3) is 0 Å². The van der Waals surface area contributed by atoms with Gasteiger partial charge in [-0.15, -0.1) is 17.0 Å². The summed E-state index contributed by atoms with van der Waals surface area (Å²) >= 11 is 3.59. The molecule has 0 bridgehead atoms. The Balaban J connectivity index is 0.00000280. The number of halogens is 2. The van der Waals surface area contributed by atoms with Crippen molar-refractivity contribution >= 4 is 44.9 Å². The van der Waals surface area contributed by atoms with Crippen LogP contribution < -0.4 is 14.8 Å². The average molecular weight is 513 g/mol. The van der Waals surface area contributed by atoms with Crippen molar-refractivity contribution in [2.45, 2.75) is 33.1 Å². The third-order valence-electron chi connectivity index (χ3n) is 4.54. The summed E-state index contributed by atoms with van der Waals surface area (Å²) in [6, 6.07) is 10.2. The minimum Gasteiger partial charge on any atom is -0.423 e. The van der Waals surface area contributed by atoms with E-state index in [0.29, 0.717) is 4.47 Å². The van der Waals surface area contributed by atoms with Crippen molar-refractivity contribution in [2.75, 3.05) is 13.1 Å². The van der Waals surface area contributed by atoms with Crippen molar-refractivity contribution in [3.63, 3.8) is 0 Å². The fraction of sp³-hybridized carbons (Fsp3) is 0.333. The van der Waals surface area contributed by atoms with E-state index >= 15 is 0 Å². The van der Waals surface area contributed by atoms with Gasteiger partial charge < -0.3 is 14.8 Å². The van der Waals surface area contributed by atoms with Crippen molar-refractivity contribution < 1.29 is 19.1 Å². The summed E-state index contributed by atoms with van der Waals surface area (Å²) in [5, 5.41) is 3.47. The van der Waals surface area contributed by atoms with Gasteiger partial charge in [-0.3, -0.25) is 9.59 Å². The lowest BCUT2D eigenvalue weighted by Gasteiger charge is -2.22. The average Bonchev–Trinajstić information content (AvgIpc) is 2.80. The molecule has 5 nitrogen and oxygen atoms in total. The Hall–Kier alpha value is -1.70. The normalized spacial score (nSPS) is 15.6. The fourth-order valence-electron chi connectivity index (χ4n) is 3.45. The highest BCUT2D eigenvalue weighted by molar-refractivity contribution is 9.10. The molecule has 0 amide bonds. The second kappa shape index (κ2) is 9.67. The molecule has 2 aromatic rings. The van der Waals surface area contributed by atoms with Gasteiger partial charge in [-0.1, -0.05) is 29.8 Å². The summed E-state index contributed by atoms with van der Waals surface area (Å²) < 4.78 is 11.4. The van der Waals surface area contributed by atoms with E-state index < -0.39 is 11.9 Å². The Labute approximate surface area is 183 Å². The molecule has 28 heavy (non-hydrogen) atoms. The molecule has 0 fully saturated rings. The Morgan fingerprint density at radius 2 is 1.86 bits per heavy atom. The highest BCUT2D eigenvalue weighted by Crippen LogP contribution is 2.44. The van der Waals surface area contributed by atoms with Gasteiger partial charge in [0.05, 0.1) is 4.47 Å². The Morgan fingerprint density at radius 1 is 1.14 bits per heavy atom. The van der Waals surface area contributed by atoms with Gasteiger partial charge in [-0.25, -0.2) is 0 Å². The number of hydrogen-bond donors (Lipinski definition) is 1. The molecular weight excluding hydrogens is 490 g/mol. The Morgan fingerprint density at radius 3 is 2.50 bits per heavy atom. The first-order chi connectivity index (χ1) is 12.9. The molecule has 0 aliphatic carbocycles. The topological polar surface area (TPSA) is 64.6 Å². The van der Waals surface area contributed by atoms with Crippen LogP contribution >= 0.6 is 32.9 Å². The van der Waals surface area contributed by atoms with E-state index in [9.17, 15) is 9.59 Å². The zero-order valence-corrected chi connectivity index (χ0v) is 19.3. The maximum absolute atomic E-state index is 11.6. The number of fused-ring (bicyclic) bond motifs is 1. The largest absolute Gasteiger partial charge is 0.423 e. The quantitative estimate of drug-likeness (QED) is 0.485. The molecule has 3 rings (SSSR count). The van der Waals surface area contributed by atoms with Gasteiger partial charge in [0, 0.05) is 26.3 Å². The zero-order chi connectivity index (χ0) is 19.6. The summed E-state index contributed by atoms with van der Waals surface area (Å²) in [7, 11) is 0. The standard InChI is InChI=1S/C21H22BrNO4.BrH/c1-12-5-4-6-15(9-12)18-11-23-8-7-16-17(18)10-19(26-13(2)24)21(20(16)22)27-14(3)25;/h4-6,9-10,18,23H,7-8,11H2,1-3H3;1H. The van der Waals surface area contributed by atoms with E-state index in [4.69, 9.17) is 9.47 Å². The Kier molecular flexibility index (Phi) is 7.80. The number of rotatable bonds is 3. The van der Waals surface area contributed by atoms with Gasteiger partial charge in [-0.2, -0.15) is 0 Å². The molecular formula is C21H23Br2NO4. The first-order valence-corrected chi connectivity index (χ1v) is 9.65. The summed E-state index contributed by atoms with van der Waals surface area (Å²) in [6.07, 6.45) is 0.771. The lowest BCUT2D eigenvalue weighted by molar-refractivity contribution is -0.134. The van der Waals surface area contributed by atoms with Crippen LogP contribution in [0.3, 0.4) is 0 Å². The van der Waals surface area contributed by atoms with Crippen molar-refractivity contribution in [1.82, 2.24) is 5.32 Å². The number of benzene rings is 2. The molecule has 1 unspecified atom stereocenters. The molecule has 1 heterocycles. The van der Waals surface area contributed by atoms with Crippen LogP contribution in [0, 0.1) is 6.92 Å². The maximum Gasteiger partial charge on any atom is 0.308 e. The van der Waals surface area contributed by atoms with Crippen LogP contribution in [-0.4, -0.2) is 25.0 Å². The minimum absolute atomic E-state index is 0. The molecule has 1 aliphatic heterocycles. The van der Waals surface area contributed by atoms with Crippen LogP contribution in [0.15, 0.2) is 34.8 Å². The summed E-state index contributed by atoms with van der Waals surface area (Å²) in [4.78, 5) is 23.2. The molecule has 2 aromatic carbocycles. The second-order valence-corrected chi connectivity index (χ2v) is 7.49. The molecule has 0 aromatic heterocycles. The van der Waals surface area contributed by atoms with E-state index in [1.54, 1.807) is 0 Å². The van der Waals surface area contributed by atoms with E-state index in [-0.39, 0.29) is 34.4 Å².